The Bertz CT molecular complexity index is 536. The van der Waals surface area contributed by atoms with Gasteiger partial charge in [0.05, 0.1) is 0 Å². The third-order valence-electron chi connectivity index (χ3n) is 5.05. The minimum absolute atomic E-state index is 0. The van der Waals surface area contributed by atoms with E-state index in [1.165, 1.54) is 51.4 Å². The van der Waals surface area contributed by atoms with Crippen molar-refractivity contribution in [3.63, 3.8) is 0 Å². The zero-order valence-electron chi connectivity index (χ0n) is 14.9. The second kappa shape index (κ2) is 11.7. The molecule has 130 valence electrons. The van der Waals surface area contributed by atoms with Crippen LogP contribution in [-0.2, 0) is 51.9 Å². The molecule has 0 saturated carbocycles. The largest absolute Gasteiger partial charge is 4.00 e. The summed E-state index contributed by atoms with van der Waals surface area (Å²) in [5.41, 5.74) is 8.00. The molecule has 0 heterocycles. The molecular weight excluding hydrogens is 414 g/mol. The fraction of sp³-hybridized carbons (Fsp3) is 0.524. The van der Waals surface area contributed by atoms with Gasteiger partial charge >= 0.3 is 26.2 Å². The summed E-state index contributed by atoms with van der Waals surface area (Å²) in [5, 5.41) is 0. The van der Waals surface area contributed by atoms with E-state index in [1.807, 2.05) is 0 Å². The van der Waals surface area contributed by atoms with Crippen molar-refractivity contribution >= 4 is 0 Å². The molecule has 0 fully saturated rings. The van der Waals surface area contributed by atoms with Crippen LogP contribution in [0.5, 0.6) is 0 Å². The summed E-state index contributed by atoms with van der Waals surface area (Å²) < 4.78 is 0. The van der Waals surface area contributed by atoms with Crippen molar-refractivity contribution in [3.8, 4) is 0 Å². The van der Waals surface area contributed by atoms with Crippen LogP contribution in [0.3, 0.4) is 0 Å². The zero-order valence-corrected chi connectivity index (χ0v) is 18.8. The van der Waals surface area contributed by atoms with Gasteiger partial charge in [0.2, 0.25) is 0 Å². The Morgan fingerprint density at radius 2 is 1.42 bits per heavy atom. The van der Waals surface area contributed by atoms with Crippen LogP contribution in [0.2, 0.25) is 0 Å². The van der Waals surface area contributed by atoms with E-state index in [4.69, 9.17) is 0 Å². The van der Waals surface area contributed by atoms with Gasteiger partial charge in [0.25, 0.3) is 0 Å². The molecule has 4 rings (SSSR count). The summed E-state index contributed by atoms with van der Waals surface area (Å²) in [4.78, 5) is 0. The fourth-order valence-electron chi connectivity index (χ4n) is 3.67. The molecular formula is C21H28Cl2Zr. The molecule has 0 aromatic heterocycles. The maximum absolute atomic E-state index is 2.42. The van der Waals surface area contributed by atoms with Crippen molar-refractivity contribution in [2.75, 3.05) is 0 Å². The normalized spacial score (nSPS) is 14.8. The number of fused-ring (bicyclic) bond motifs is 2. The summed E-state index contributed by atoms with van der Waals surface area (Å²) in [7, 11) is 0. The molecule has 0 unspecified atom stereocenters. The van der Waals surface area contributed by atoms with E-state index in [1.54, 1.807) is 27.8 Å². The first kappa shape index (κ1) is 24.2. The number of hydrogen-bond acceptors (Lipinski definition) is 0. The van der Waals surface area contributed by atoms with E-state index < -0.39 is 0 Å². The Morgan fingerprint density at radius 3 is 2.00 bits per heavy atom. The predicted octanol–water partition coefficient (Wildman–Crippen LogP) is -0.302. The maximum Gasteiger partial charge on any atom is 4.00 e. The number of halogens is 2. The van der Waals surface area contributed by atoms with Crippen LogP contribution in [0.15, 0.2) is 30.3 Å². The molecule has 0 N–H and O–H groups in total. The van der Waals surface area contributed by atoms with Crippen LogP contribution in [0.1, 0.15) is 73.3 Å². The molecule has 0 spiro atoms. The third-order valence-corrected chi connectivity index (χ3v) is 5.05. The number of rotatable bonds is 1. The Morgan fingerprint density at radius 1 is 0.833 bits per heavy atom. The fourth-order valence-corrected chi connectivity index (χ4v) is 3.67. The van der Waals surface area contributed by atoms with Crippen LogP contribution < -0.4 is 24.8 Å². The Hall–Kier alpha value is 0.163. The molecule has 3 heteroatoms. The van der Waals surface area contributed by atoms with Crippen molar-refractivity contribution in [2.24, 2.45) is 0 Å². The van der Waals surface area contributed by atoms with Crippen LogP contribution >= 0.6 is 0 Å². The second-order valence-electron chi connectivity index (χ2n) is 6.98. The molecule has 2 aliphatic carbocycles. The molecule has 2 aromatic rings. The van der Waals surface area contributed by atoms with E-state index in [9.17, 15) is 0 Å². The molecule has 24 heavy (non-hydrogen) atoms. The molecule has 0 radical (unpaired) electrons. The van der Waals surface area contributed by atoms with Crippen molar-refractivity contribution in [1.29, 1.82) is 0 Å². The van der Waals surface area contributed by atoms with Gasteiger partial charge < -0.3 is 24.8 Å². The zero-order chi connectivity index (χ0) is 14.7. The first-order chi connectivity index (χ1) is 10.2. The van der Waals surface area contributed by atoms with Gasteiger partial charge in [0, 0.05) is 0 Å². The quantitative estimate of drug-likeness (QED) is 0.532. The number of aryl methyl sites for hydroxylation is 4. The smallest absolute Gasteiger partial charge is 1.00 e. The molecule has 0 saturated heterocycles. The van der Waals surface area contributed by atoms with Gasteiger partial charge in [-0.1, -0.05) is 65.2 Å². The Balaban J connectivity index is 0.000000402. The number of hydrogen-bond donors (Lipinski definition) is 0. The van der Waals surface area contributed by atoms with E-state index in [0.29, 0.717) is 5.92 Å². The van der Waals surface area contributed by atoms with E-state index in [-0.39, 0.29) is 51.0 Å². The van der Waals surface area contributed by atoms with Crippen molar-refractivity contribution in [2.45, 2.75) is 71.1 Å². The Labute approximate surface area is 179 Å². The van der Waals surface area contributed by atoms with E-state index in [2.05, 4.69) is 44.2 Å². The van der Waals surface area contributed by atoms with Gasteiger partial charge in [-0.05, 0) is 5.92 Å². The molecule has 0 atom stereocenters. The molecule has 0 amide bonds. The Kier molecular flexibility index (Phi) is 11.8. The van der Waals surface area contributed by atoms with Crippen LogP contribution in [-0.4, -0.2) is 0 Å². The first-order valence-electron chi connectivity index (χ1n) is 8.76. The van der Waals surface area contributed by atoms with Crippen molar-refractivity contribution in [3.05, 3.63) is 58.1 Å². The van der Waals surface area contributed by atoms with Crippen LogP contribution in [0, 0.1) is 0 Å². The van der Waals surface area contributed by atoms with Crippen LogP contribution in [0.4, 0.5) is 0 Å². The van der Waals surface area contributed by atoms with Gasteiger partial charge in [-0.3, -0.25) is 0 Å². The average molecular weight is 443 g/mol. The van der Waals surface area contributed by atoms with Crippen molar-refractivity contribution < 1.29 is 51.0 Å². The minimum atomic E-state index is 0. The van der Waals surface area contributed by atoms with Gasteiger partial charge in [-0.2, -0.15) is 46.0 Å². The topological polar surface area (TPSA) is 0 Å². The van der Waals surface area contributed by atoms with Crippen molar-refractivity contribution in [1.82, 2.24) is 0 Å². The predicted molar refractivity (Wildman–Crippen MR) is 91.4 cm³/mol. The molecule has 0 nitrogen and oxygen atoms in total. The third kappa shape index (κ3) is 6.15. The summed E-state index contributed by atoms with van der Waals surface area (Å²) in [6, 6.07) is 11.5. The average Bonchev–Trinajstić information content (AvgIpc) is 3.14. The summed E-state index contributed by atoms with van der Waals surface area (Å²) in [6.45, 7) is 4.56. The molecule has 0 bridgehead atoms. The summed E-state index contributed by atoms with van der Waals surface area (Å²) >= 11 is 0. The molecule has 0 aliphatic heterocycles. The minimum Gasteiger partial charge on any atom is -1.00 e. The summed E-state index contributed by atoms with van der Waals surface area (Å²) in [5.74, 6) is 0.704. The standard InChI is InChI=1S/C12H17.C9H11.2ClH.Zr/c1-9(2)12-7-10-5-3-4-6-11(10)8-12;1-2-5-9-7-3-6-8(9)4-1;;;/h7-9H,3-6H2,1-2H3;3,6-7H,1-2,4-5H2;2*1H;/q2*-1;;;+4/p-2. The second-order valence-corrected chi connectivity index (χ2v) is 6.98. The molecule has 2 aliphatic rings. The first-order valence-corrected chi connectivity index (χ1v) is 8.76. The monoisotopic (exact) mass is 440 g/mol. The van der Waals surface area contributed by atoms with Crippen LogP contribution in [0.25, 0.3) is 0 Å². The van der Waals surface area contributed by atoms with Gasteiger partial charge in [-0.15, -0.1) is 0 Å². The van der Waals surface area contributed by atoms with E-state index >= 15 is 0 Å². The SMILES string of the molecule is CC(C)c1cc2c([cH-]1)CCCC2.[Cl-].[Cl-].[Zr+4].c1cc2c([cH-]1)CCCC2. The summed E-state index contributed by atoms with van der Waals surface area (Å²) in [6.07, 6.45) is 10.9. The van der Waals surface area contributed by atoms with Gasteiger partial charge in [0.15, 0.2) is 0 Å². The molecule has 2 aromatic carbocycles. The van der Waals surface area contributed by atoms with E-state index in [0.717, 1.165) is 0 Å². The van der Waals surface area contributed by atoms with Gasteiger partial charge in [0.1, 0.15) is 0 Å². The van der Waals surface area contributed by atoms with Gasteiger partial charge in [-0.25, -0.2) is 12.1 Å². The maximum atomic E-state index is 2.42.